The number of carbonyl (C=O) groups excluding carboxylic acids is 2. The zero-order chi connectivity index (χ0) is 16.5. The SMILES string of the molecule is Cc1ccc(SCCNC(=O)COC(=O)c2ccccn2)cc1. The van der Waals surface area contributed by atoms with Crippen molar-refractivity contribution in [2.75, 3.05) is 18.9 Å². The van der Waals surface area contributed by atoms with Gasteiger partial charge in [0, 0.05) is 23.4 Å². The van der Waals surface area contributed by atoms with E-state index < -0.39 is 5.97 Å². The van der Waals surface area contributed by atoms with Crippen LogP contribution in [0, 0.1) is 6.92 Å². The van der Waals surface area contributed by atoms with Gasteiger partial charge in [-0.3, -0.25) is 4.79 Å². The van der Waals surface area contributed by atoms with Crippen LogP contribution in [0.15, 0.2) is 53.6 Å². The number of nitrogens with one attached hydrogen (secondary N) is 1. The highest BCUT2D eigenvalue weighted by Crippen LogP contribution is 2.17. The van der Waals surface area contributed by atoms with E-state index in [2.05, 4.69) is 34.6 Å². The van der Waals surface area contributed by atoms with E-state index in [9.17, 15) is 9.59 Å². The third-order valence-electron chi connectivity index (χ3n) is 2.92. The summed E-state index contributed by atoms with van der Waals surface area (Å²) in [5.74, 6) is -0.170. The third-order valence-corrected chi connectivity index (χ3v) is 3.94. The summed E-state index contributed by atoms with van der Waals surface area (Å²) < 4.78 is 4.90. The van der Waals surface area contributed by atoms with E-state index in [-0.39, 0.29) is 18.2 Å². The van der Waals surface area contributed by atoms with Gasteiger partial charge in [-0.25, -0.2) is 9.78 Å². The van der Waals surface area contributed by atoms with Crippen LogP contribution in [0.3, 0.4) is 0 Å². The van der Waals surface area contributed by atoms with E-state index in [0.717, 1.165) is 10.6 Å². The number of aryl methyl sites for hydroxylation is 1. The molecule has 2 aromatic rings. The minimum Gasteiger partial charge on any atom is -0.451 e. The molecule has 1 aromatic carbocycles. The number of hydrogen-bond acceptors (Lipinski definition) is 5. The molecule has 0 atom stereocenters. The van der Waals surface area contributed by atoms with Gasteiger partial charge in [-0.2, -0.15) is 0 Å². The van der Waals surface area contributed by atoms with Crippen LogP contribution in [0.1, 0.15) is 16.1 Å². The summed E-state index contributed by atoms with van der Waals surface area (Å²) in [7, 11) is 0. The Morgan fingerprint density at radius 1 is 1.17 bits per heavy atom. The Bertz CT molecular complexity index is 645. The van der Waals surface area contributed by atoms with Gasteiger partial charge in [0.15, 0.2) is 6.61 Å². The molecule has 0 unspecified atom stereocenters. The lowest BCUT2D eigenvalue weighted by molar-refractivity contribution is -0.124. The predicted molar refractivity (Wildman–Crippen MR) is 89.4 cm³/mol. The Hall–Kier alpha value is -2.34. The van der Waals surface area contributed by atoms with E-state index in [0.29, 0.717) is 6.54 Å². The second kappa shape index (κ2) is 8.95. The summed E-state index contributed by atoms with van der Waals surface area (Å²) >= 11 is 1.66. The number of esters is 1. The van der Waals surface area contributed by atoms with Crippen LogP contribution < -0.4 is 5.32 Å². The van der Waals surface area contributed by atoms with Crippen LogP contribution in [0.2, 0.25) is 0 Å². The summed E-state index contributed by atoms with van der Waals surface area (Å²) in [5, 5.41) is 2.71. The van der Waals surface area contributed by atoms with Gasteiger partial charge in [0.25, 0.3) is 5.91 Å². The quantitative estimate of drug-likeness (QED) is 0.480. The average molecular weight is 330 g/mol. The van der Waals surface area contributed by atoms with Gasteiger partial charge in [0.2, 0.25) is 0 Å². The monoisotopic (exact) mass is 330 g/mol. The molecule has 0 aliphatic rings. The van der Waals surface area contributed by atoms with Crippen molar-refractivity contribution in [3.05, 3.63) is 59.9 Å². The molecule has 0 fully saturated rings. The Kier molecular flexibility index (Phi) is 6.62. The Morgan fingerprint density at radius 2 is 1.96 bits per heavy atom. The maximum absolute atomic E-state index is 11.6. The van der Waals surface area contributed by atoms with E-state index in [1.165, 1.54) is 11.8 Å². The summed E-state index contributed by atoms with van der Waals surface area (Å²) in [6.07, 6.45) is 1.50. The van der Waals surface area contributed by atoms with Gasteiger partial charge >= 0.3 is 5.97 Å². The van der Waals surface area contributed by atoms with Crippen molar-refractivity contribution in [1.29, 1.82) is 0 Å². The second-order valence-corrected chi connectivity index (χ2v) is 5.97. The maximum Gasteiger partial charge on any atom is 0.357 e. The zero-order valence-corrected chi connectivity index (χ0v) is 13.6. The summed E-state index contributed by atoms with van der Waals surface area (Å²) in [6, 6.07) is 13.1. The number of thioether (sulfide) groups is 1. The smallest absolute Gasteiger partial charge is 0.357 e. The van der Waals surface area contributed by atoms with Crippen LogP contribution in [0.5, 0.6) is 0 Å². The van der Waals surface area contributed by atoms with Crippen molar-refractivity contribution in [1.82, 2.24) is 10.3 Å². The lowest BCUT2D eigenvalue weighted by Crippen LogP contribution is -2.30. The molecule has 0 saturated carbocycles. The fourth-order valence-electron chi connectivity index (χ4n) is 1.73. The number of rotatable bonds is 7. The molecule has 1 N–H and O–H groups in total. The highest BCUT2D eigenvalue weighted by Gasteiger charge is 2.10. The van der Waals surface area contributed by atoms with E-state index in [1.807, 2.05) is 6.92 Å². The standard InChI is InChI=1S/C17H18N2O3S/c1-13-5-7-14(8-6-13)23-11-10-19-16(20)12-22-17(21)15-4-2-3-9-18-15/h2-9H,10-12H2,1H3,(H,19,20). The fraction of sp³-hybridized carbons (Fsp3) is 0.235. The van der Waals surface area contributed by atoms with Crippen LogP contribution in [0.4, 0.5) is 0 Å². The number of ether oxygens (including phenoxy) is 1. The minimum atomic E-state index is -0.602. The second-order valence-electron chi connectivity index (χ2n) is 4.80. The predicted octanol–water partition coefficient (Wildman–Crippen LogP) is 2.46. The molecular formula is C17H18N2O3S. The first-order valence-electron chi connectivity index (χ1n) is 7.19. The molecule has 5 nitrogen and oxygen atoms in total. The minimum absolute atomic E-state index is 0.190. The highest BCUT2D eigenvalue weighted by molar-refractivity contribution is 7.99. The van der Waals surface area contributed by atoms with E-state index >= 15 is 0 Å². The number of nitrogens with zero attached hydrogens (tertiary/aromatic N) is 1. The molecule has 0 radical (unpaired) electrons. The molecular weight excluding hydrogens is 312 g/mol. The normalized spacial score (nSPS) is 10.1. The molecule has 0 aliphatic heterocycles. The van der Waals surface area contributed by atoms with E-state index in [1.54, 1.807) is 30.0 Å². The molecule has 0 bridgehead atoms. The lowest BCUT2D eigenvalue weighted by atomic mass is 10.2. The summed E-state index contributed by atoms with van der Waals surface area (Å²) in [5.41, 5.74) is 1.41. The highest BCUT2D eigenvalue weighted by atomic mass is 32.2. The lowest BCUT2D eigenvalue weighted by Gasteiger charge is -2.06. The average Bonchev–Trinajstić information content (AvgIpc) is 2.59. The maximum atomic E-state index is 11.6. The van der Waals surface area contributed by atoms with Gasteiger partial charge in [0.05, 0.1) is 0 Å². The first-order chi connectivity index (χ1) is 11.1. The van der Waals surface area contributed by atoms with Gasteiger partial charge in [-0.15, -0.1) is 11.8 Å². The molecule has 23 heavy (non-hydrogen) atoms. The van der Waals surface area contributed by atoms with Crippen LogP contribution >= 0.6 is 11.8 Å². The van der Waals surface area contributed by atoms with Gasteiger partial charge < -0.3 is 10.1 Å². The van der Waals surface area contributed by atoms with Gasteiger partial charge in [-0.05, 0) is 31.2 Å². The molecule has 2 rings (SSSR count). The third kappa shape index (κ3) is 6.12. The molecule has 6 heteroatoms. The van der Waals surface area contributed by atoms with Crippen molar-refractivity contribution in [2.24, 2.45) is 0 Å². The van der Waals surface area contributed by atoms with Crippen LogP contribution in [0.25, 0.3) is 0 Å². The van der Waals surface area contributed by atoms with Crippen LogP contribution in [-0.4, -0.2) is 35.8 Å². The number of hydrogen-bond donors (Lipinski definition) is 1. The van der Waals surface area contributed by atoms with Crippen LogP contribution in [-0.2, 0) is 9.53 Å². The summed E-state index contributed by atoms with van der Waals surface area (Å²) in [4.78, 5) is 28.3. The van der Waals surface area contributed by atoms with Crippen molar-refractivity contribution in [3.63, 3.8) is 0 Å². The number of aromatic nitrogens is 1. The van der Waals surface area contributed by atoms with Crippen molar-refractivity contribution in [3.8, 4) is 0 Å². The molecule has 1 amide bonds. The Labute approximate surface area is 139 Å². The molecule has 1 aromatic heterocycles. The largest absolute Gasteiger partial charge is 0.451 e. The Morgan fingerprint density at radius 3 is 2.65 bits per heavy atom. The topological polar surface area (TPSA) is 68.3 Å². The molecule has 120 valence electrons. The van der Waals surface area contributed by atoms with Crippen molar-refractivity contribution < 1.29 is 14.3 Å². The molecule has 1 heterocycles. The first-order valence-corrected chi connectivity index (χ1v) is 8.18. The number of carbonyl (C=O) groups is 2. The van der Waals surface area contributed by atoms with Crippen molar-refractivity contribution >= 4 is 23.6 Å². The van der Waals surface area contributed by atoms with Crippen molar-refractivity contribution in [2.45, 2.75) is 11.8 Å². The molecule has 0 saturated heterocycles. The number of benzene rings is 1. The number of pyridine rings is 1. The number of amides is 1. The van der Waals surface area contributed by atoms with Gasteiger partial charge in [0.1, 0.15) is 5.69 Å². The zero-order valence-electron chi connectivity index (χ0n) is 12.8. The fourth-order valence-corrected chi connectivity index (χ4v) is 2.50. The molecule has 0 aliphatic carbocycles. The molecule has 0 spiro atoms. The van der Waals surface area contributed by atoms with Gasteiger partial charge in [-0.1, -0.05) is 23.8 Å². The van der Waals surface area contributed by atoms with E-state index in [4.69, 9.17) is 4.74 Å². The summed E-state index contributed by atoms with van der Waals surface area (Å²) in [6.45, 7) is 2.25. The first kappa shape index (κ1) is 17.0. The Balaban J connectivity index is 1.62.